The second-order valence-corrected chi connectivity index (χ2v) is 6.35. The van der Waals surface area contributed by atoms with Crippen LogP contribution in [0.1, 0.15) is 25.3 Å². The van der Waals surface area contributed by atoms with Gasteiger partial charge in [0.15, 0.2) is 0 Å². The van der Waals surface area contributed by atoms with Crippen LogP contribution < -0.4 is 10.2 Å². The molecule has 0 radical (unpaired) electrons. The Bertz CT molecular complexity index is 628. The van der Waals surface area contributed by atoms with Gasteiger partial charge in [0.05, 0.1) is 0 Å². The number of benzene rings is 2. The van der Waals surface area contributed by atoms with Crippen LogP contribution in [0.5, 0.6) is 0 Å². The fourth-order valence-electron chi connectivity index (χ4n) is 3.30. The van der Waals surface area contributed by atoms with Crippen LogP contribution in [-0.4, -0.2) is 19.0 Å². The molecule has 1 aliphatic heterocycles. The maximum absolute atomic E-state index is 11.1. The van der Waals surface area contributed by atoms with Gasteiger partial charge < -0.3 is 10.2 Å². The number of anilines is 2. The van der Waals surface area contributed by atoms with E-state index in [1.807, 2.05) is 12.1 Å². The topological polar surface area (TPSA) is 32.3 Å². The van der Waals surface area contributed by atoms with Gasteiger partial charge in [-0.05, 0) is 55.0 Å². The van der Waals surface area contributed by atoms with Crippen LogP contribution in [0.25, 0.3) is 0 Å². The van der Waals surface area contributed by atoms with E-state index in [0.717, 1.165) is 24.7 Å². The Morgan fingerprint density at radius 3 is 2.30 bits per heavy atom. The summed E-state index contributed by atoms with van der Waals surface area (Å²) in [6.07, 6.45) is 3.67. The summed E-state index contributed by atoms with van der Waals surface area (Å²) in [5, 5.41) is 2.81. The molecule has 0 saturated carbocycles. The minimum Gasteiger partial charge on any atom is -0.372 e. The predicted octanol–water partition coefficient (Wildman–Crippen LogP) is 4.10. The van der Waals surface area contributed by atoms with Gasteiger partial charge in [-0.3, -0.25) is 4.79 Å². The SMILES string of the molecule is CC(=O)Nc1ccc(N2CCC(Cc3ccccc3)CC2)cc1. The third kappa shape index (κ3) is 4.35. The maximum atomic E-state index is 11.1. The average molecular weight is 308 g/mol. The summed E-state index contributed by atoms with van der Waals surface area (Å²) in [5.41, 5.74) is 3.56. The van der Waals surface area contributed by atoms with Gasteiger partial charge in [-0.25, -0.2) is 0 Å². The lowest BCUT2D eigenvalue weighted by Gasteiger charge is -2.33. The normalized spacial score (nSPS) is 15.4. The van der Waals surface area contributed by atoms with Crippen LogP contribution in [0.15, 0.2) is 54.6 Å². The first-order chi connectivity index (χ1) is 11.2. The molecule has 0 spiro atoms. The fraction of sp³-hybridized carbons (Fsp3) is 0.350. The zero-order chi connectivity index (χ0) is 16.1. The van der Waals surface area contributed by atoms with Gasteiger partial charge in [0.25, 0.3) is 0 Å². The molecule has 3 nitrogen and oxygen atoms in total. The molecule has 0 unspecified atom stereocenters. The van der Waals surface area contributed by atoms with Gasteiger partial charge in [0, 0.05) is 31.4 Å². The largest absolute Gasteiger partial charge is 0.372 e. The van der Waals surface area contributed by atoms with E-state index < -0.39 is 0 Å². The zero-order valence-electron chi connectivity index (χ0n) is 13.7. The monoisotopic (exact) mass is 308 g/mol. The Labute approximate surface area is 138 Å². The molecular formula is C20H24N2O. The first-order valence-electron chi connectivity index (χ1n) is 8.37. The molecule has 1 heterocycles. The smallest absolute Gasteiger partial charge is 0.221 e. The molecule has 2 aromatic rings. The molecule has 1 saturated heterocycles. The molecule has 3 rings (SSSR count). The first-order valence-corrected chi connectivity index (χ1v) is 8.37. The quantitative estimate of drug-likeness (QED) is 0.922. The van der Waals surface area contributed by atoms with E-state index in [-0.39, 0.29) is 5.91 Å². The molecule has 0 bridgehead atoms. The van der Waals surface area contributed by atoms with Crippen molar-refractivity contribution >= 4 is 17.3 Å². The van der Waals surface area contributed by atoms with Crippen molar-refractivity contribution in [1.82, 2.24) is 0 Å². The molecule has 120 valence electrons. The Morgan fingerprint density at radius 1 is 1.04 bits per heavy atom. The Hall–Kier alpha value is -2.29. The number of piperidine rings is 1. The van der Waals surface area contributed by atoms with E-state index >= 15 is 0 Å². The second-order valence-electron chi connectivity index (χ2n) is 6.35. The number of nitrogens with one attached hydrogen (secondary N) is 1. The van der Waals surface area contributed by atoms with E-state index in [9.17, 15) is 4.79 Å². The number of carbonyl (C=O) groups is 1. The average Bonchev–Trinajstić information content (AvgIpc) is 2.57. The summed E-state index contributed by atoms with van der Waals surface area (Å²) in [5.74, 6) is 0.756. The Morgan fingerprint density at radius 2 is 1.70 bits per heavy atom. The van der Waals surface area contributed by atoms with Crippen LogP contribution >= 0.6 is 0 Å². The lowest BCUT2D eigenvalue weighted by atomic mass is 9.90. The molecule has 2 aromatic carbocycles. The van der Waals surface area contributed by atoms with Gasteiger partial charge in [0.1, 0.15) is 0 Å². The second kappa shape index (κ2) is 7.32. The standard InChI is InChI=1S/C20H24N2O/c1-16(23)21-19-7-9-20(10-8-19)22-13-11-18(12-14-22)15-17-5-3-2-4-6-17/h2-10,18H,11-15H2,1H3,(H,21,23). The Balaban J connectivity index is 1.53. The summed E-state index contributed by atoms with van der Waals surface area (Å²) < 4.78 is 0. The predicted molar refractivity (Wildman–Crippen MR) is 95.8 cm³/mol. The van der Waals surface area contributed by atoms with Crippen molar-refractivity contribution in [3.05, 3.63) is 60.2 Å². The van der Waals surface area contributed by atoms with E-state index in [1.165, 1.54) is 37.4 Å². The van der Waals surface area contributed by atoms with Gasteiger partial charge in [-0.2, -0.15) is 0 Å². The van der Waals surface area contributed by atoms with Crippen molar-refractivity contribution in [2.45, 2.75) is 26.2 Å². The van der Waals surface area contributed by atoms with E-state index in [1.54, 1.807) is 0 Å². The lowest BCUT2D eigenvalue weighted by Crippen LogP contribution is -2.34. The van der Waals surface area contributed by atoms with Gasteiger partial charge in [-0.15, -0.1) is 0 Å². The highest BCUT2D eigenvalue weighted by Crippen LogP contribution is 2.26. The van der Waals surface area contributed by atoms with Crippen molar-refractivity contribution < 1.29 is 4.79 Å². The highest BCUT2D eigenvalue weighted by atomic mass is 16.1. The molecule has 0 atom stereocenters. The van der Waals surface area contributed by atoms with Crippen molar-refractivity contribution in [2.75, 3.05) is 23.3 Å². The number of nitrogens with zero attached hydrogens (tertiary/aromatic N) is 1. The molecule has 23 heavy (non-hydrogen) atoms. The lowest BCUT2D eigenvalue weighted by molar-refractivity contribution is -0.114. The summed E-state index contributed by atoms with van der Waals surface area (Å²) in [4.78, 5) is 13.5. The van der Waals surface area contributed by atoms with Gasteiger partial charge in [0.2, 0.25) is 5.91 Å². The highest BCUT2D eigenvalue weighted by Gasteiger charge is 2.19. The molecule has 3 heteroatoms. The number of hydrogen-bond donors (Lipinski definition) is 1. The van der Waals surface area contributed by atoms with Crippen molar-refractivity contribution in [1.29, 1.82) is 0 Å². The van der Waals surface area contributed by atoms with Crippen molar-refractivity contribution in [3.8, 4) is 0 Å². The molecule has 1 aliphatic rings. The summed E-state index contributed by atoms with van der Waals surface area (Å²) in [6.45, 7) is 3.75. The third-order valence-corrected chi connectivity index (χ3v) is 4.53. The fourth-order valence-corrected chi connectivity index (χ4v) is 3.30. The highest BCUT2D eigenvalue weighted by molar-refractivity contribution is 5.88. The summed E-state index contributed by atoms with van der Waals surface area (Å²) in [7, 11) is 0. The van der Waals surface area contributed by atoms with Crippen LogP contribution in [0.2, 0.25) is 0 Å². The molecule has 0 aromatic heterocycles. The molecule has 0 aliphatic carbocycles. The van der Waals surface area contributed by atoms with Crippen LogP contribution in [0, 0.1) is 5.92 Å². The van der Waals surface area contributed by atoms with E-state index in [2.05, 4.69) is 52.7 Å². The minimum absolute atomic E-state index is 0.0283. The number of carbonyl (C=O) groups excluding carboxylic acids is 1. The summed E-state index contributed by atoms with van der Waals surface area (Å²) in [6, 6.07) is 18.9. The van der Waals surface area contributed by atoms with Gasteiger partial charge >= 0.3 is 0 Å². The molecular weight excluding hydrogens is 284 g/mol. The molecule has 1 amide bonds. The molecule has 1 fully saturated rings. The minimum atomic E-state index is -0.0283. The zero-order valence-corrected chi connectivity index (χ0v) is 13.7. The number of hydrogen-bond acceptors (Lipinski definition) is 2. The maximum Gasteiger partial charge on any atom is 0.221 e. The van der Waals surface area contributed by atoms with Gasteiger partial charge in [-0.1, -0.05) is 30.3 Å². The van der Waals surface area contributed by atoms with Crippen molar-refractivity contribution in [2.24, 2.45) is 5.92 Å². The van der Waals surface area contributed by atoms with Crippen molar-refractivity contribution in [3.63, 3.8) is 0 Å². The number of rotatable bonds is 4. The van der Waals surface area contributed by atoms with E-state index in [0.29, 0.717) is 0 Å². The Kier molecular flexibility index (Phi) is 4.96. The van der Waals surface area contributed by atoms with Crippen LogP contribution in [0.3, 0.4) is 0 Å². The van der Waals surface area contributed by atoms with Crippen LogP contribution in [0.4, 0.5) is 11.4 Å². The van der Waals surface area contributed by atoms with E-state index in [4.69, 9.17) is 0 Å². The summed E-state index contributed by atoms with van der Waals surface area (Å²) >= 11 is 0. The first kappa shape index (κ1) is 15.6. The van der Waals surface area contributed by atoms with Crippen LogP contribution in [-0.2, 0) is 11.2 Å². The number of amides is 1. The molecule has 1 N–H and O–H groups in total. The third-order valence-electron chi connectivity index (χ3n) is 4.53.